The predicted octanol–water partition coefficient (Wildman–Crippen LogP) is 3.06. The van der Waals surface area contributed by atoms with Gasteiger partial charge in [-0.05, 0) is 17.9 Å². The molecule has 216 valence electrons. The van der Waals surface area contributed by atoms with Crippen molar-refractivity contribution in [2.24, 2.45) is 0 Å². The largest absolute Gasteiger partial charge is 0.465 e. The van der Waals surface area contributed by atoms with Crippen molar-refractivity contribution in [2.45, 2.75) is 31.5 Å². The number of piperazine rings is 1. The van der Waals surface area contributed by atoms with Crippen molar-refractivity contribution in [3.8, 4) is 12.1 Å². The fraction of sp³-hybridized carbons (Fsp3) is 0.448. The monoisotopic (exact) mass is 579 g/mol. The van der Waals surface area contributed by atoms with Crippen molar-refractivity contribution in [1.82, 2.24) is 20.2 Å². The molecule has 2 N–H and O–H groups in total. The minimum atomic E-state index is -1.000. The second-order valence-electron chi connectivity index (χ2n) is 10.4. The first-order chi connectivity index (χ1) is 19.6. The number of benzene rings is 2. The number of nitrogens with zero attached hydrogens (tertiary/aromatic N) is 6. The summed E-state index contributed by atoms with van der Waals surface area (Å²) in [7, 11) is 0. The summed E-state index contributed by atoms with van der Waals surface area (Å²) in [5, 5.41) is 24.7. The number of halogens is 1. The highest BCUT2D eigenvalue weighted by molar-refractivity contribution is 5.94. The minimum Gasteiger partial charge on any atom is -0.465 e. The molecule has 0 saturated carbocycles. The summed E-state index contributed by atoms with van der Waals surface area (Å²) in [6.45, 7) is 5.10. The van der Waals surface area contributed by atoms with Gasteiger partial charge in [0.15, 0.2) is 0 Å². The highest BCUT2D eigenvalue weighted by atomic mass is 35.5. The van der Waals surface area contributed by atoms with Gasteiger partial charge < -0.3 is 34.6 Å². The van der Waals surface area contributed by atoms with Crippen LogP contribution in [-0.4, -0.2) is 90.7 Å². The van der Waals surface area contributed by atoms with E-state index in [2.05, 4.69) is 63.7 Å². The molecule has 2 fully saturated rings. The molecule has 6 rings (SSSR count). The molecule has 0 radical (unpaired) electrons. The number of hydrogen-bond donors (Lipinski definition) is 2. The fourth-order valence-corrected chi connectivity index (χ4v) is 5.88. The highest BCUT2D eigenvalue weighted by Gasteiger charge is 2.34. The van der Waals surface area contributed by atoms with Crippen LogP contribution in [0.2, 0.25) is 0 Å². The summed E-state index contributed by atoms with van der Waals surface area (Å²) in [6, 6.07) is 16.8. The number of morpholine rings is 1. The standard InChI is InChI=1S/C29H33N7O4.ClH/c30-10-8-21-17-35(13-14-36(21)29(37)38)27-24-9-12-34(26-7-3-5-20-4-1-2-6-23(20)26)18-25(24)32-28(33-27)40-19-22-16-31-11-15-39-22;/h1-7,21-22,31H,8-9,11-19H2,(H,37,38);1H/t21-,22+;/m0./s1. The van der Waals surface area contributed by atoms with Crippen LogP contribution in [0, 0.1) is 11.3 Å². The zero-order valence-electron chi connectivity index (χ0n) is 22.7. The van der Waals surface area contributed by atoms with Crippen LogP contribution in [-0.2, 0) is 17.7 Å². The van der Waals surface area contributed by atoms with E-state index >= 15 is 0 Å². The Morgan fingerprint density at radius 1 is 1.15 bits per heavy atom. The molecular weight excluding hydrogens is 546 g/mol. The first-order valence-corrected chi connectivity index (χ1v) is 13.8. The van der Waals surface area contributed by atoms with Crippen LogP contribution < -0.4 is 19.9 Å². The maximum atomic E-state index is 11.8. The Morgan fingerprint density at radius 3 is 2.80 bits per heavy atom. The Bertz CT molecular complexity index is 1420. The summed E-state index contributed by atoms with van der Waals surface area (Å²) in [4.78, 5) is 27.3. The van der Waals surface area contributed by atoms with Gasteiger partial charge in [0, 0.05) is 55.9 Å². The second-order valence-corrected chi connectivity index (χ2v) is 10.4. The highest BCUT2D eigenvalue weighted by Crippen LogP contribution is 2.34. The number of fused-ring (bicyclic) bond motifs is 2. The smallest absolute Gasteiger partial charge is 0.407 e. The quantitative estimate of drug-likeness (QED) is 0.450. The predicted molar refractivity (Wildman–Crippen MR) is 157 cm³/mol. The molecule has 2 atom stereocenters. The Hall–Kier alpha value is -3.85. The molecule has 11 nitrogen and oxygen atoms in total. The zero-order valence-corrected chi connectivity index (χ0v) is 23.6. The Morgan fingerprint density at radius 2 is 2.00 bits per heavy atom. The lowest BCUT2D eigenvalue weighted by Gasteiger charge is -2.41. The molecule has 3 aliphatic heterocycles. The van der Waals surface area contributed by atoms with Crippen LogP contribution in [0.4, 0.5) is 16.3 Å². The number of rotatable bonds is 6. The molecule has 41 heavy (non-hydrogen) atoms. The molecule has 1 aromatic heterocycles. The van der Waals surface area contributed by atoms with E-state index in [0.717, 1.165) is 42.3 Å². The summed E-state index contributed by atoms with van der Waals surface area (Å²) in [5.74, 6) is 0.772. The molecule has 0 spiro atoms. The SMILES string of the molecule is Cl.N#CC[C@H]1CN(c2nc(OC[C@H]3CNCCO3)nc3c2CCN(c2cccc4ccccc24)C3)CCN1C(=O)O. The van der Waals surface area contributed by atoms with Crippen LogP contribution in [0.5, 0.6) is 6.01 Å². The van der Waals surface area contributed by atoms with E-state index in [0.29, 0.717) is 51.9 Å². The summed E-state index contributed by atoms with van der Waals surface area (Å²) >= 11 is 0. The number of aromatic nitrogens is 2. The van der Waals surface area contributed by atoms with Gasteiger partial charge in [0.1, 0.15) is 18.5 Å². The van der Waals surface area contributed by atoms with Crippen molar-refractivity contribution in [2.75, 3.05) is 62.3 Å². The molecule has 4 heterocycles. The average molecular weight is 580 g/mol. The van der Waals surface area contributed by atoms with Crippen LogP contribution in [0.3, 0.4) is 0 Å². The number of nitrogens with one attached hydrogen (secondary N) is 1. The maximum absolute atomic E-state index is 11.8. The first-order valence-electron chi connectivity index (χ1n) is 13.8. The molecule has 1 amide bonds. The molecule has 2 saturated heterocycles. The molecule has 3 aliphatic rings. The van der Waals surface area contributed by atoms with Gasteiger partial charge in [-0.3, -0.25) is 0 Å². The lowest BCUT2D eigenvalue weighted by Crippen LogP contribution is -2.55. The Labute approximate surface area is 245 Å². The van der Waals surface area contributed by atoms with E-state index in [1.165, 1.54) is 15.7 Å². The number of anilines is 2. The number of amides is 1. The molecule has 3 aromatic rings. The Kier molecular flexibility index (Phi) is 8.93. The van der Waals surface area contributed by atoms with E-state index < -0.39 is 12.1 Å². The average Bonchev–Trinajstić information content (AvgIpc) is 2.99. The van der Waals surface area contributed by atoms with Gasteiger partial charge in [-0.1, -0.05) is 36.4 Å². The van der Waals surface area contributed by atoms with E-state index in [-0.39, 0.29) is 24.9 Å². The molecular formula is C29H34ClN7O4. The lowest BCUT2D eigenvalue weighted by atomic mass is 10.0. The van der Waals surface area contributed by atoms with Gasteiger partial charge >= 0.3 is 12.1 Å². The summed E-state index contributed by atoms with van der Waals surface area (Å²) in [5.41, 5.74) is 3.12. The number of ether oxygens (including phenoxy) is 2. The third-order valence-corrected chi connectivity index (χ3v) is 7.89. The van der Waals surface area contributed by atoms with Crippen LogP contribution in [0.1, 0.15) is 17.7 Å². The third kappa shape index (κ3) is 6.10. The fourth-order valence-electron chi connectivity index (χ4n) is 5.88. The minimum absolute atomic E-state index is 0. The van der Waals surface area contributed by atoms with Crippen molar-refractivity contribution >= 4 is 40.8 Å². The molecule has 0 bridgehead atoms. The van der Waals surface area contributed by atoms with Gasteiger partial charge in [0.2, 0.25) is 0 Å². The third-order valence-electron chi connectivity index (χ3n) is 7.89. The Balaban J connectivity index is 0.00000337. The summed E-state index contributed by atoms with van der Waals surface area (Å²) in [6.07, 6.45) is -0.213. The van der Waals surface area contributed by atoms with Crippen LogP contribution in [0.15, 0.2) is 42.5 Å². The van der Waals surface area contributed by atoms with Crippen molar-refractivity contribution in [3.63, 3.8) is 0 Å². The van der Waals surface area contributed by atoms with Crippen LogP contribution >= 0.6 is 12.4 Å². The van der Waals surface area contributed by atoms with E-state index in [1.807, 2.05) is 0 Å². The van der Waals surface area contributed by atoms with Gasteiger partial charge in [-0.25, -0.2) is 4.79 Å². The topological polar surface area (TPSA) is 127 Å². The first kappa shape index (κ1) is 28.7. The van der Waals surface area contributed by atoms with Gasteiger partial charge in [0.05, 0.1) is 37.4 Å². The number of nitriles is 1. The molecule has 2 aromatic carbocycles. The van der Waals surface area contributed by atoms with E-state index in [9.17, 15) is 15.2 Å². The molecule has 0 unspecified atom stereocenters. The van der Waals surface area contributed by atoms with Gasteiger partial charge in [-0.15, -0.1) is 12.4 Å². The zero-order chi connectivity index (χ0) is 27.5. The maximum Gasteiger partial charge on any atom is 0.407 e. The normalized spacial score (nSPS) is 20.6. The number of carbonyl (C=O) groups is 1. The van der Waals surface area contributed by atoms with Crippen molar-refractivity contribution < 1.29 is 19.4 Å². The lowest BCUT2D eigenvalue weighted by molar-refractivity contribution is -0.00183. The van der Waals surface area contributed by atoms with Gasteiger partial charge in [0.25, 0.3) is 0 Å². The van der Waals surface area contributed by atoms with Gasteiger partial charge in [-0.2, -0.15) is 15.2 Å². The number of hydrogen-bond acceptors (Lipinski definition) is 9. The van der Waals surface area contributed by atoms with Crippen LogP contribution in [0.25, 0.3) is 10.8 Å². The van der Waals surface area contributed by atoms with E-state index in [4.69, 9.17) is 19.4 Å². The van der Waals surface area contributed by atoms with Crippen molar-refractivity contribution in [1.29, 1.82) is 5.26 Å². The van der Waals surface area contributed by atoms with E-state index in [1.54, 1.807) is 0 Å². The van der Waals surface area contributed by atoms with Crippen molar-refractivity contribution in [3.05, 3.63) is 53.7 Å². The summed E-state index contributed by atoms with van der Waals surface area (Å²) < 4.78 is 11.9. The molecule has 12 heteroatoms. The number of carboxylic acid groups (broad SMARTS) is 1. The second kappa shape index (κ2) is 12.8. The molecule has 0 aliphatic carbocycles.